The van der Waals surface area contributed by atoms with Crippen LogP contribution in [0.25, 0.3) is 0 Å². The van der Waals surface area contributed by atoms with Gasteiger partial charge in [-0.15, -0.1) is 0 Å². The molecule has 0 radical (unpaired) electrons. The van der Waals surface area contributed by atoms with Gasteiger partial charge >= 0.3 is 0 Å². The van der Waals surface area contributed by atoms with Crippen molar-refractivity contribution in [2.75, 3.05) is 0 Å². The molecule has 0 aliphatic heterocycles. The van der Waals surface area contributed by atoms with Gasteiger partial charge in [0.1, 0.15) is 0 Å². The maximum Gasteiger partial charge on any atom is 0.156 e. The van der Waals surface area contributed by atoms with Crippen LogP contribution in [0.15, 0.2) is 22.8 Å². The van der Waals surface area contributed by atoms with Gasteiger partial charge in [-0.2, -0.15) is 0 Å². The summed E-state index contributed by atoms with van der Waals surface area (Å²) in [6, 6.07) is 0. The fourth-order valence-corrected chi connectivity index (χ4v) is 6.03. The van der Waals surface area contributed by atoms with E-state index < -0.39 is 0 Å². The van der Waals surface area contributed by atoms with E-state index in [1.54, 1.807) is 11.1 Å². The zero-order valence-electron chi connectivity index (χ0n) is 14.9. The molecule has 23 heavy (non-hydrogen) atoms. The summed E-state index contributed by atoms with van der Waals surface area (Å²) in [5, 5.41) is 0. The average Bonchev–Trinajstić information content (AvgIpc) is 2.83. The Balaban J connectivity index is 0.00000169. The molecule has 0 saturated heterocycles. The minimum Gasteiger partial charge on any atom is -0.375 e. The third-order valence-electron chi connectivity index (χ3n) is 7.08. The average molecular weight is 316 g/mol. The summed E-state index contributed by atoms with van der Waals surface area (Å²) in [6.45, 7) is 6.84. The van der Waals surface area contributed by atoms with E-state index in [0.29, 0.717) is 23.4 Å². The Morgan fingerprint density at radius 2 is 2.00 bits per heavy atom. The van der Waals surface area contributed by atoms with Crippen LogP contribution in [0.1, 0.15) is 73.6 Å². The zero-order valence-corrected chi connectivity index (χ0v) is 14.9. The summed E-state index contributed by atoms with van der Waals surface area (Å²) in [4.78, 5) is 11.7. The normalized spacial score (nSPS) is 39.9. The van der Waals surface area contributed by atoms with Crippen LogP contribution in [0.4, 0.5) is 0 Å². The zero-order chi connectivity index (χ0) is 16.2. The molecule has 0 aromatic carbocycles. The Kier molecular flexibility index (Phi) is 3.79. The van der Waals surface area contributed by atoms with Crippen LogP contribution < -0.4 is 0 Å². The van der Waals surface area contributed by atoms with E-state index in [4.69, 9.17) is 4.74 Å². The van der Waals surface area contributed by atoms with Crippen LogP contribution in [0.5, 0.6) is 0 Å². The Morgan fingerprint density at radius 3 is 2.78 bits per heavy atom. The molecule has 0 amide bonds. The number of allylic oxidation sites excluding steroid dienone is 4. The number of carbonyl (C=O) groups is 1. The highest BCUT2D eigenvalue weighted by atomic mass is 16.5. The molecule has 0 bridgehead atoms. The Morgan fingerprint density at radius 1 is 1.17 bits per heavy atom. The minimum absolute atomic E-state index is 0. The van der Waals surface area contributed by atoms with E-state index in [2.05, 4.69) is 20.8 Å². The van der Waals surface area contributed by atoms with Crippen molar-refractivity contribution in [3.05, 3.63) is 22.8 Å². The lowest BCUT2D eigenvalue weighted by molar-refractivity contribution is -0.114. The van der Waals surface area contributed by atoms with Crippen molar-refractivity contribution in [1.29, 1.82) is 0 Å². The highest BCUT2D eigenvalue weighted by Gasteiger charge is 2.54. The maximum absolute atomic E-state index is 11.7. The van der Waals surface area contributed by atoms with Crippen LogP contribution in [-0.4, -0.2) is 18.0 Å². The number of fused-ring (bicyclic) bond motifs is 4. The third kappa shape index (κ3) is 2.45. The Labute approximate surface area is 141 Å². The lowest BCUT2D eigenvalue weighted by Crippen LogP contribution is -2.43. The van der Waals surface area contributed by atoms with Gasteiger partial charge < -0.3 is 4.74 Å². The first kappa shape index (κ1) is 15.6. The molecular weight excluding hydrogens is 284 g/mol. The second-order valence-electron chi connectivity index (χ2n) is 8.65. The summed E-state index contributed by atoms with van der Waals surface area (Å²) >= 11 is 0. The fraction of sp³-hybridized carbons (Fsp3) is 0.762. The molecule has 128 valence electrons. The number of carbonyl (C=O) groups excluding carboxylic acids is 1. The van der Waals surface area contributed by atoms with Gasteiger partial charge in [-0.3, -0.25) is 4.79 Å². The molecule has 0 N–H and O–H groups in total. The van der Waals surface area contributed by atoms with Gasteiger partial charge in [-0.1, -0.05) is 12.5 Å². The molecule has 2 saturated carbocycles. The van der Waals surface area contributed by atoms with E-state index >= 15 is 0 Å². The number of hydrogen-bond donors (Lipinski definition) is 0. The van der Waals surface area contributed by atoms with Crippen LogP contribution >= 0.6 is 0 Å². The van der Waals surface area contributed by atoms with E-state index in [1.807, 2.05) is 6.08 Å². The van der Waals surface area contributed by atoms with Crippen molar-refractivity contribution >= 4 is 5.78 Å². The first-order chi connectivity index (χ1) is 11.0. The van der Waals surface area contributed by atoms with Gasteiger partial charge in [-0.05, 0) is 93.3 Å². The summed E-state index contributed by atoms with van der Waals surface area (Å²) in [5.74, 6) is 1.89. The molecule has 2 fully saturated rings. The lowest BCUT2D eigenvalue weighted by atomic mass is 9.57. The standard InChI is InChI=1S/C21H30O2.H2/c1-13(2)23-20-9-8-19-18-6-4-14-12-15(22)5-7-16(14)17(18)10-11-21(19,20)3;/h12-13,18-20H,4-11H2,1-3H3;1H/t18?,19-,20-,21-;/m0./s1. The summed E-state index contributed by atoms with van der Waals surface area (Å²) in [7, 11) is 0. The van der Waals surface area contributed by atoms with E-state index in [-0.39, 0.29) is 1.43 Å². The SMILES string of the molecule is CC(C)O[C@H]1CC[C@H]2C3CCC4=CC(=O)CCC4=C3CC[C@]12C.[HH]. The molecule has 1 unspecified atom stereocenters. The molecule has 0 heterocycles. The second-order valence-corrected chi connectivity index (χ2v) is 8.65. The fourth-order valence-electron chi connectivity index (χ4n) is 6.03. The molecule has 2 nitrogen and oxygen atoms in total. The molecule has 0 aromatic heterocycles. The molecule has 2 heteroatoms. The predicted octanol–water partition coefficient (Wildman–Crippen LogP) is 5.23. The predicted molar refractivity (Wildman–Crippen MR) is 94.3 cm³/mol. The second kappa shape index (κ2) is 5.58. The summed E-state index contributed by atoms with van der Waals surface area (Å²) in [5.41, 5.74) is 5.05. The number of rotatable bonds is 2. The lowest BCUT2D eigenvalue weighted by Gasteiger charge is -2.49. The van der Waals surface area contributed by atoms with Gasteiger partial charge in [0, 0.05) is 7.85 Å². The molecule has 0 spiro atoms. The van der Waals surface area contributed by atoms with E-state index in [1.165, 1.54) is 37.7 Å². The number of hydrogen-bond acceptors (Lipinski definition) is 2. The largest absolute Gasteiger partial charge is 0.375 e. The van der Waals surface area contributed by atoms with Crippen molar-refractivity contribution in [3.8, 4) is 0 Å². The van der Waals surface area contributed by atoms with Crippen molar-refractivity contribution < 1.29 is 11.0 Å². The van der Waals surface area contributed by atoms with E-state index in [0.717, 1.165) is 31.1 Å². The van der Waals surface area contributed by atoms with Gasteiger partial charge in [0.15, 0.2) is 5.78 Å². The van der Waals surface area contributed by atoms with Crippen LogP contribution in [0.3, 0.4) is 0 Å². The summed E-state index contributed by atoms with van der Waals surface area (Å²) in [6.07, 6.45) is 11.9. The molecule has 4 rings (SSSR count). The number of ketones is 1. The topological polar surface area (TPSA) is 26.3 Å². The monoisotopic (exact) mass is 316 g/mol. The molecule has 4 aliphatic carbocycles. The number of ether oxygens (including phenoxy) is 1. The van der Waals surface area contributed by atoms with Gasteiger partial charge in [0.25, 0.3) is 0 Å². The van der Waals surface area contributed by atoms with Crippen LogP contribution in [0, 0.1) is 17.3 Å². The molecule has 4 aliphatic rings. The van der Waals surface area contributed by atoms with Crippen LogP contribution in [-0.2, 0) is 9.53 Å². The van der Waals surface area contributed by atoms with Gasteiger partial charge in [0.05, 0.1) is 12.2 Å². The highest BCUT2D eigenvalue weighted by molar-refractivity contribution is 5.93. The Bertz CT molecular complexity index is 589. The van der Waals surface area contributed by atoms with Crippen molar-refractivity contribution in [2.45, 2.75) is 84.3 Å². The third-order valence-corrected chi connectivity index (χ3v) is 7.08. The Hall–Kier alpha value is -0.890. The minimum atomic E-state index is 0. The molecule has 0 aromatic rings. The quantitative estimate of drug-likeness (QED) is 0.697. The maximum atomic E-state index is 11.7. The van der Waals surface area contributed by atoms with Gasteiger partial charge in [-0.25, -0.2) is 0 Å². The van der Waals surface area contributed by atoms with E-state index in [9.17, 15) is 4.79 Å². The smallest absolute Gasteiger partial charge is 0.156 e. The summed E-state index contributed by atoms with van der Waals surface area (Å²) < 4.78 is 6.31. The van der Waals surface area contributed by atoms with Crippen molar-refractivity contribution in [2.24, 2.45) is 17.3 Å². The van der Waals surface area contributed by atoms with Crippen molar-refractivity contribution in [3.63, 3.8) is 0 Å². The first-order valence-electron chi connectivity index (χ1n) is 9.60. The highest BCUT2D eigenvalue weighted by Crippen LogP contribution is 2.60. The first-order valence-corrected chi connectivity index (χ1v) is 9.60. The molecule has 4 atom stereocenters. The van der Waals surface area contributed by atoms with Crippen LogP contribution in [0.2, 0.25) is 0 Å². The molecular formula is C21H32O2. The van der Waals surface area contributed by atoms with Gasteiger partial charge in [0.2, 0.25) is 0 Å². The van der Waals surface area contributed by atoms with Crippen molar-refractivity contribution in [1.82, 2.24) is 0 Å².